The molecule has 0 atom stereocenters. The van der Waals surface area contributed by atoms with Crippen molar-refractivity contribution in [1.82, 2.24) is 20.4 Å². The van der Waals surface area contributed by atoms with Crippen LogP contribution < -0.4 is 10.6 Å². The van der Waals surface area contributed by atoms with Gasteiger partial charge in [0.1, 0.15) is 0 Å². The van der Waals surface area contributed by atoms with Crippen molar-refractivity contribution in [2.24, 2.45) is 4.99 Å². The lowest BCUT2D eigenvalue weighted by molar-refractivity contribution is 0.584. The van der Waals surface area contributed by atoms with Gasteiger partial charge >= 0.3 is 0 Å². The minimum atomic E-state index is 0. The molecule has 2 rings (SSSR count). The van der Waals surface area contributed by atoms with E-state index in [9.17, 15) is 0 Å². The van der Waals surface area contributed by atoms with Gasteiger partial charge in [0, 0.05) is 43.6 Å². The summed E-state index contributed by atoms with van der Waals surface area (Å²) in [6, 6.07) is 9.89. The highest BCUT2D eigenvalue weighted by atomic mass is 127. The predicted molar refractivity (Wildman–Crippen MR) is 111 cm³/mol. The van der Waals surface area contributed by atoms with E-state index in [0.29, 0.717) is 0 Å². The van der Waals surface area contributed by atoms with Crippen molar-refractivity contribution in [3.05, 3.63) is 53.3 Å². The van der Waals surface area contributed by atoms with Crippen molar-refractivity contribution in [3.63, 3.8) is 0 Å². The fraction of sp³-hybridized carbons (Fsp3) is 0.412. The summed E-state index contributed by atoms with van der Waals surface area (Å²) >= 11 is 6.00. The number of halogens is 2. The summed E-state index contributed by atoms with van der Waals surface area (Å²) in [5.74, 6) is 0.856. The third kappa shape index (κ3) is 8.01. The summed E-state index contributed by atoms with van der Waals surface area (Å²) in [5, 5.41) is 11.6. The normalized spacial score (nSPS) is 11.0. The Morgan fingerprint density at radius 1 is 1.29 bits per heavy atom. The Balaban J connectivity index is 0.00000288. The molecule has 2 aromatic rings. The first-order valence-electron chi connectivity index (χ1n) is 8.02. The van der Waals surface area contributed by atoms with E-state index in [4.69, 9.17) is 11.6 Å². The van der Waals surface area contributed by atoms with Crippen LogP contribution in [0.2, 0.25) is 5.02 Å². The van der Waals surface area contributed by atoms with Crippen molar-refractivity contribution in [2.45, 2.75) is 26.3 Å². The van der Waals surface area contributed by atoms with Crippen LogP contribution in [-0.4, -0.2) is 35.4 Å². The Bertz CT molecular complexity index is 601. The molecule has 0 radical (unpaired) electrons. The van der Waals surface area contributed by atoms with Crippen LogP contribution in [-0.2, 0) is 13.0 Å². The number of nitrogens with zero attached hydrogens (tertiary/aromatic N) is 3. The maximum absolute atomic E-state index is 6.00. The summed E-state index contributed by atoms with van der Waals surface area (Å²) in [7, 11) is 0. The molecule has 0 unspecified atom stereocenters. The second kappa shape index (κ2) is 12.1. The van der Waals surface area contributed by atoms with Gasteiger partial charge < -0.3 is 10.6 Å². The number of rotatable bonds is 8. The predicted octanol–water partition coefficient (Wildman–Crippen LogP) is 3.34. The molecule has 0 spiro atoms. The molecule has 0 bridgehead atoms. The average Bonchev–Trinajstić information content (AvgIpc) is 3.05. The molecule has 1 aromatic heterocycles. The Kier molecular flexibility index (Phi) is 10.5. The minimum absolute atomic E-state index is 0. The average molecular weight is 462 g/mol. The van der Waals surface area contributed by atoms with E-state index in [2.05, 4.69) is 33.7 Å². The summed E-state index contributed by atoms with van der Waals surface area (Å²) < 4.78 is 1.93. The van der Waals surface area contributed by atoms with Crippen molar-refractivity contribution in [1.29, 1.82) is 0 Å². The van der Waals surface area contributed by atoms with Crippen molar-refractivity contribution < 1.29 is 0 Å². The van der Waals surface area contributed by atoms with E-state index in [1.165, 1.54) is 5.56 Å². The molecule has 132 valence electrons. The number of aliphatic imine (C=N–C) groups is 1. The fourth-order valence-corrected chi connectivity index (χ4v) is 2.43. The molecule has 1 aromatic carbocycles. The molecular weight excluding hydrogens is 437 g/mol. The van der Waals surface area contributed by atoms with Gasteiger partial charge in [-0.05, 0) is 43.5 Å². The lowest BCUT2D eigenvalue weighted by Crippen LogP contribution is -2.38. The Labute approximate surface area is 165 Å². The number of guanidine groups is 1. The molecule has 2 N–H and O–H groups in total. The minimum Gasteiger partial charge on any atom is -0.357 e. The number of aromatic nitrogens is 2. The lowest BCUT2D eigenvalue weighted by Gasteiger charge is -2.11. The van der Waals surface area contributed by atoms with Crippen LogP contribution in [0.15, 0.2) is 47.7 Å². The molecule has 0 aliphatic rings. The van der Waals surface area contributed by atoms with E-state index in [-0.39, 0.29) is 24.0 Å². The zero-order valence-corrected chi connectivity index (χ0v) is 17.0. The van der Waals surface area contributed by atoms with Crippen LogP contribution in [0.4, 0.5) is 0 Å². The molecule has 5 nitrogen and oxygen atoms in total. The SMILES string of the molecule is CCNC(=NCCCn1cccn1)NCCc1cccc(Cl)c1.I. The van der Waals surface area contributed by atoms with Gasteiger partial charge in [-0.15, -0.1) is 24.0 Å². The summed E-state index contributed by atoms with van der Waals surface area (Å²) in [5.41, 5.74) is 1.22. The van der Waals surface area contributed by atoms with Crippen molar-refractivity contribution in [2.75, 3.05) is 19.6 Å². The largest absolute Gasteiger partial charge is 0.357 e. The van der Waals surface area contributed by atoms with Gasteiger partial charge in [0.05, 0.1) is 0 Å². The van der Waals surface area contributed by atoms with Gasteiger partial charge in [-0.3, -0.25) is 9.67 Å². The molecule has 7 heteroatoms. The highest BCUT2D eigenvalue weighted by molar-refractivity contribution is 14.0. The van der Waals surface area contributed by atoms with Crippen LogP contribution in [0, 0.1) is 0 Å². The molecule has 0 aliphatic heterocycles. The smallest absolute Gasteiger partial charge is 0.191 e. The first kappa shape index (κ1) is 20.8. The Hall–Kier alpha value is -1.28. The van der Waals surface area contributed by atoms with Crippen LogP contribution in [0.1, 0.15) is 18.9 Å². The molecular formula is C17H25ClIN5. The van der Waals surface area contributed by atoms with E-state index in [0.717, 1.165) is 50.0 Å². The van der Waals surface area contributed by atoms with Gasteiger partial charge in [0.2, 0.25) is 0 Å². The number of benzene rings is 1. The zero-order valence-electron chi connectivity index (χ0n) is 13.9. The molecule has 24 heavy (non-hydrogen) atoms. The van der Waals surface area contributed by atoms with Gasteiger partial charge in [-0.2, -0.15) is 5.10 Å². The quantitative estimate of drug-likeness (QED) is 0.274. The summed E-state index contributed by atoms with van der Waals surface area (Å²) in [6.07, 6.45) is 5.65. The second-order valence-electron chi connectivity index (χ2n) is 5.19. The maximum atomic E-state index is 6.00. The number of hydrogen-bond donors (Lipinski definition) is 2. The molecule has 0 aliphatic carbocycles. The number of hydrogen-bond acceptors (Lipinski definition) is 2. The van der Waals surface area contributed by atoms with Gasteiger partial charge in [0.15, 0.2) is 5.96 Å². The van der Waals surface area contributed by atoms with Crippen LogP contribution in [0.25, 0.3) is 0 Å². The molecule has 0 saturated heterocycles. The monoisotopic (exact) mass is 461 g/mol. The maximum Gasteiger partial charge on any atom is 0.191 e. The van der Waals surface area contributed by atoms with E-state index in [1.807, 2.05) is 35.1 Å². The third-order valence-electron chi connectivity index (χ3n) is 3.31. The number of aryl methyl sites for hydroxylation is 1. The Morgan fingerprint density at radius 2 is 2.17 bits per heavy atom. The van der Waals surface area contributed by atoms with Crippen LogP contribution in [0.3, 0.4) is 0 Å². The first-order chi connectivity index (χ1) is 11.3. The zero-order chi connectivity index (χ0) is 16.3. The van der Waals surface area contributed by atoms with Gasteiger partial charge in [0.25, 0.3) is 0 Å². The summed E-state index contributed by atoms with van der Waals surface area (Å²) in [6.45, 7) is 5.40. The molecule has 0 fully saturated rings. The van der Waals surface area contributed by atoms with E-state index < -0.39 is 0 Å². The Morgan fingerprint density at radius 3 is 2.88 bits per heavy atom. The highest BCUT2D eigenvalue weighted by Gasteiger charge is 1.99. The standard InChI is InChI=1S/C17H24ClN5.HI/c1-2-19-17(20-9-4-12-23-13-5-10-22-23)21-11-8-15-6-3-7-16(18)14-15;/h3,5-7,10,13-14H,2,4,8-9,11-12H2,1H3,(H2,19,20,21);1H. The van der Waals surface area contributed by atoms with Crippen LogP contribution in [0.5, 0.6) is 0 Å². The fourth-order valence-electron chi connectivity index (χ4n) is 2.22. The van der Waals surface area contributed by atoms with Crippen molar-refractivity contribution in [3.8, 4) is 0 Å². The van der Waals surface area contributed by atoms with E-state index in [1.54, 1.807) is 6.20 Å². The molecule has 0 amide bonds. The van der Waals surface area contributed by atoms with Crippen LogP contribution >= 0.6 is 35.6 Å². The highest BCUT2D eigenvalue weighted by Crippen LogP contribution is 2.10. The van der Waals surface area contributed by atoms with Crippen molar-refractivity contribution >= 4 is 41.5 Å². The van der Waals surface area contributed by atoms with E-state index >= 15 is 0 Å². The lowest BCUT2D eigenvalue weighted by atomic mass is 10.1. The summed E-state index contributed by atoms with van der Waals surface area (Å²) in [4.78, 5) is 4.59. The van der Waals surface area contributed by atoms with Gasteiger partial charge in [-0.25, -0.2) is 0 Å². The number of nitrogens with one attached hydrogen (secondary N) is 2. The second-order valence-corrected chi connectivity index (χ2v) is 5.63. The third-order valence-corrected chi connectivity index (χ3v) is 3.55. The molecule has 0 saturated carbocycles. The molecule has 1 heterocycles. The van der Waals surface area contributed by atoms with Gasteiger partial charge in [-0.1, -0.05) is 23.7 Å². The topological polar surface area (TPSA) is 54.2 Å². The first-order valence-corrected chi connectivity index (χ1v) is 8.40.